The summed E-state index contributed by atoms with van der Waals surface area (Å²) in [6, 6.07) is 7.91. The average Bonchev–Trinajstić information content (AvgIpc) is 2.96. The lowest BCUT2D eigenvalue weighted by Gasteiger charge is -2.16. The molecule has 0 radical (unpaired) electrons. The molecule has 0 saturated heterocycles. The van der Waals surface area contributed by atoms with Crippen LogP contribution in [0.5, 0.6) is 0 Å². The summed E-state index contributed by atoms with van der Waals surface area (Å²) in [5.41, 5.74) is 0.747. The average molecular weight is 293 g/mol. The van der Waals surface area contributed by atoms with Crippen molar-refractivity contribution in [3.63, 3.8) is 0 Å². The van der Waals surface area contributed by atoms with Crippen molar-refractivity contribution in [2.75, 3.05) is 6.54 Å². The molecule has 1 aromatic heterocycles. The number of furan rings is 1. The van der Waals surface area contributed by atoms with Gasteiger partial charge in [-0.1, -0.05) is 19.9 Å². The van der Waals surface area contributed by atoms with Crippen LogP contribution in [-0.4, -0.2) is 6.54 Å². The Morgan fingerprint density at radius 3 is 2.52 bits per heavy atom. The molecule has 2 rings (SSSR count). The number of aryl methyl sites for hydroxylation is 1. The minimum atomic E-state index is -0.817. The highest BCUT2D eigenvalue weighted by Gasteiger charge is 2.16. The van der Waals surface area contributed by atoms with Crippen LogP contribution in [0.1, 0.15) is 43.4 Å². The Morgan fingerprint density at radius 2 is 1.90 bits per heavy atom. The Balaban J connectivity index is 2.17. The maximum Gasteiger partial charge on any atom is 0.159 e. The van der Waals surface area contributed by atoms with Crippen LogP contribution in [0.4, 0.5) is 8.78 Å². The Kier molecular flexibility index (Phi) is 5.51. The zero-order chi connectivity index (χ0) is 15.2. The Bertz CT molecular complexity index is 580. The zero-order valence-electron chi connectivity index (χ0n) is 12.5. The molecular weight excluding hydrogens is 272 g/mol. The van der Waals surface area contributed by atoms with E-state index in [1.165, 1.54) is 12.1 Å². The Labute approximate surface area is 124 Å². The molecule has 1 unspecified atom stereocenters. The molecule has 0 aliphatic heterocycles. The summed E-state index contributed by atoms with van der Waals surface area (Å²) in [4.78, 5) is 0. The molecule has 1 atom stereocenters. The third-order valence-electron chi connectivity index (χ3n) is 3.44. The molecule has 2 nitrogen and oxygen atoms in total. The van der Waals surface area contributed by atoms with Crippen LogP contribution in [0.2, 0.25) is 0 Å². The van der Waals surface area contributed by atoms with E-state index in [0.29, 0.717) is 6.42 Å². The van der Waals surface area contributed by atoms with Crippen molar-refractivity contribution in [3.8, 4) is 0 Å². The number of halogens is 2. The zero-order valence-corrected chi connectivity index (χ0v) is 12.5. The third kappa shape index (κ3) is 4.14. The van der Waals surface area contributed by atoms with Gasteiger partial charge in [0.2, 0.25) is 0 Å². The number of hydrogen-bond acceptors (Lipinski definition) is 2. The highest BCUT2D eigenvalue weighted by molar-refractivity contribution is 5.21. The van der Waals surface area contributed by atoms with Crippen molar-refractivity contribution in [1.82, 2.24) is 5.32 Å². The molecule has 0 saturated carbocycles. The molecule has 0 bridgehead atoms. The van der Waals surface area contributed by atoms with E-state index in [-0.39, 0.29) is 6.04 Å². The van der Waals surface area contributed by atoms with Crippen LogP contribution >= 0.6 is 0 Å². The fraction of sp³-hybridized carbons (Fsp3) is 0.412. The standard InChI is InChI=1S/C17H21F2NO/c1-3-9-20-16(17-8-6-13(4-2)21-17)11-12-5-7-14(18)15(19)10-12/h5-8,10,16,20H,3-4,9,11H2,1-2H3. The van der Waals surface area contributed by atoms with E-state index >= 15 is 0 Å². The van der Waals surface area contributed by atoms with Gasteiger partial charge in [-0.2, -0.15) is 0 Å². The first-order chi connectivity index (χ1) is 10.1. The molecule has 1 N–H and O–H groups in total. The molecule has 4 heteroatoms. The largest absolute Gasteiger partial charge is 0.464 e. The number of rotatable bonds is 7. The normalized spacial score (nSPS) is 12.6. The number of hydrogen-bond donors (Lipinski definition) is 1. The summed E-state index contributed by atoms with van der Waals surface area (Å²) in [5.74, 6) is 0.141. The summed E-state index contributed by atoms with van der Waals surface area (Å²) in [7, 11) is 0. The molecule has 21 heavy (non-hydrogen) atoms. The van der Waals surface area contributed by atoms with Crippen molar-refractivity contribution in [2.45, 2.75) is 39.2 Å². The van der Waals surface area contributed by atoms with Gasteiger partial charge in [-0.25, -0.2) is 8.78 Å². The second kappa shape index (κ2) is 7.36. The van der Waals surface area contributed by atoms with Crippen molar-refractivity contribution >= 4 is 0 Å². The fourth-order valence-corrected chi connectivity index (χ4v) is 2.27. The lowest BCUT2D eigenvalue weighted by molar-refractivity contribution is 0.391. The predicted octanol–water partition coefficient (Wildman–Crippen LogP) is 4.40. The van der Waals surface area contributed by atoms with E-state index in [1.807, 2.05) is 19.1 Å². The van der Waals surface area contributed by atoms with Gasteiger partial charge in [-0.05, 0) is 49.2 Å². The van der Waals surface area contributed by atoms with Gasteiger partial charge in [0, 0.05) is 6.42 Å². The Morgan fingerprint density at radius 1 is 1.10 bits per heavy atom. The summed E-state index contributed by atoms with van der Waals surface area (Å²) in [6.45, 7) is 4.96. The van der Waals surface area contributed by atoms with Gasteiger partial charge in [0.05, 0.1) is 6.04 Å². The van der Waals surface area contributed by atoms with E-state index < -0.39 is 11.6 Å². The van der Waals surface area contributed by atoms with Crippen LogP contribution in [0.25, 0.3) is 0 Å². The van der Waals surface area contributed by atoms with Gasteiger partial charge in [0.25, 0.3) is 0 Å². The number of nitrogens with one attached hydrogen (secondary N) is 1. The van der Waals surface area contributed by atoms with Gasteiger partial charge in [0.15, 0.2) is 11.6 Å². The SMILES string of the molecule is CCCNC(Cc1ccc(F)c(F)c1)c1ccc(CC)o1. The fourth-order valence-electron chi connectivity index (χ4n) is 2.27. The smallest absolute Gasteiger partial charge is 0.159 e. The first-order valence-electron chi connectivity index (χ1n) is 7.40. The predicted molar refractivity (Wildman–Crippen MR) is 79.2 cm³/mol. The topological polar surface area (TPSA) is 25.2 Å². The quantitative estimate of drug-likeness (QED) is 0.818. The van der Waals surface area contributed by atoms with E-state index in [9.17, 15) is 8.78 Å². The first-order valence-corrected chi connectivity index (χ1v) is 7.40. The second-order valence-corrected chi connectivity index (χ2v) is 5.12. The van der Waals surface area contributed by atoms with E-state index in [2.05, 4.69) is 12.2 Å². The van der Waals surface area contributed by atoms with Crippen molar-refractivity contribution in [2.24, 2.45) is 0 Å². The monoisotopic (exact) mass is 293 g/mol. The highest BCUT2D eigenvalue weighted by atomic mass is 19.2. The molecule has 0 amide bonds. The van der Waals surface area contributed by atoms with Gasteiger partial charge < -0.3 is 9.73 Å². The van der Waals surface area contributed by atoms with E-state index in [4.69, 9.17) is 4.42 Å². The summed E-state index contributed by atoms with van der Waals surface area (Å²) < 4.78 is 32.1. The first kappa shape index (κ1) is 15.7. The molecular formula is C17H21F2NO. The molecule has 0 aliphatic carbocycles. The minimum absolute atomic E-state index is 0.0323. The minimum Gasteiger partial charge on any atom is -0.464 e. The molecule has 1 heterocycles. The van der Waals surface area contributed by atoms with Gasteiger partial charge in [-0.15, -0.1) is 0 Å². The van der Waals surface area contributed by atoms with Crippen molar-refractivity contribution in [1.29, 1.82) is 0 Å². The van der Waals surface area contributed by atoms with Gasteiger partial charge in [0.1, 0.15) is 11.5 Å². The molecule has 0 spiro atoms. The summed E-state index contributed by atoms with van der Waals surface area (Å²) >= 11 is 0. The maximum absolute atomic E-state index is 13.3. The van der Waals surface area contributed by atoms with Gasteiger partial charge >= 0.3 is 0 Å². The van der Waals surface area contributed by atoms with Crippen LogP contribution in [0.3, 0.4) is 0 Å². The second-order valence-electron chi connectivity index (χ2n) is 5.12. The molecule has 0 fully saturated rings. The Hall–Kier alpha value is -1.68. The van der Waals surface area contributed by atoms with Gasteiger partial charge in [-0.3, -0.25) is 0 Å². The lowest BCUT2D eigenvalue weighted by Crippen LogP contribution is -2.23. The molecule has 1 aromatic carbocycles. The third-order valence-corrected chi connectivity index (χ3v) is 3.44. The van der Waals surface area contributed by atoms with Crippen molar-refractivity contribution < 1.29 is 13.2 Å². The molecule has 2 aromatic rings. The lowest BCUT2D eigenvalue weighted by atomic mass is 10.0. The van der Waals surface area contributed by atoms with Crippen molar-refractivity contribution in [3.05, 3.63) is 59.1 Å². The van der Waals surface area contributed by atoms with Crippen LogP contribution in [0.15, 0.2) is 34.7 Å². The van der Waals surface area contributed by atoms with E-state index in [1.54, 1.807) is 6.07 Å². The number of benzene rings is 1. The van der Waals surface area contributed by atoms with Crippen LogP contribution in [0, 0.1) is 11.6 Å². The van der Waals surface area contributed by atoms with Crippen LogP contribution in [-0.2, 0) is 12.8 Å². The van der Waals surface area contributed by atoms with E-state index in [0.717, 1.165) is 36.5 Å². The maximum atomic E-state index is 13.3. The molecule has 114 valence electrons. The van der Waals surface area contributed by atoms with Crippen LogP contribution < -0.4 is 5.32 Å². The highest BCUT2D eigenvalue weighted by Crippen LogP contribution is 2.22. The molecule has 0 aliphatic rings. The summed E-state index contributed by atoms with van der Waals surface area (Å²) in [6.07, 6.45) is 2.40. The summed E-state index contributed by atoms with van der Waals surface area (Å²) in [5, 5.41) is 3.40.